The van der Waals surface area contributed by atoms with E-state index < -0.39 is 0 Å². The number of nitrogens with one attached hydrogen (secondary N) is 1. The van der Waals surface area contributed by atoms with Crippen LogP contribution in [0.2, 0.25) is 0 Å². The van der Waals surface area contributed by atoms with Gasteiger partial charge in [-0.3, -0.25) is 4.79 Å². The first kappa shape index (κ1) is 16.6. The van der Waals surface area contributed by atoms with Gasteiger partial charge in [0.2, 0.25) is 5.88 Å². The highest BCUT2D eigenvalue weighted by molar-refractivity contribution is 5.94. The Labute approximate surface area is 153 Å². The van der Waals surface area contributed by atoms with Crippen LogP contribution in [-0.2, 0) is 6.54 Å². The van der Waals surface area contributed by atoms with Crippen molar-refractivity contribution in [3.05, 3.63) is 54.1 Å². The molecule has 0 bridgehead atoms. The molecule has 11 heteroatoms. The van der Waals surface area contributed by atoms with Crippen LogP contribution in [0.1, 0.15) is 23.1 Å². The molecule has 0 fully saturated rings. The van der Waals surface area contributed by atoms with Gasteiger partial charge in [-0.2, -0.15) is 4.52 Å². The van der Waals surface area contributed by atoms with E-state index in [1.165, 1.54) is 11.0 Å². The van der Waals surface area contributed by atoms with Crippen LogP contribution in [0.4, 0.5) is 0 Å². The van der Waals surface area contributed by atoms with Gasteiger partial charge in [0.05, 0.1) is 18.8 Å². The highest BCUT2D eigenvalue weighted by Gasteiger charge is 2.12. The normalized spacial score (nSPS) is 10.9. The van der Waals surface area contributed by atoms with Crippen molar-refractivity contribution in [1.29, 1.82) is 0 Å². The first-order valence-corrected chi connectivity index (χ1v) is 8.20. The summed E-state index contributed by atoms with van der Waals surface area (Å²) < 4.78 is 8.41. The molecule has 136 valence electrons. The quantitative estimate of drug-likeness (QED) is 0.521. The zero-order chi connectivity index (χ0) is 18.6. The van der Waals surface area contributed by atoms with Crippen LogP contribution < -0.4 is 10.1 Å². The number of hydrogen-bond donors (Lipinski definition) is 1. The first-order valence-electron chi connectivity index (χ1n) is 8.20. The molecule has 4 aromatic rings. The Morgan fingerprint density at radius 3 is 2.96 bits per heavy atom. The molecule has 3 aromatic heterocycles. The third-order valence-corrected chi connectivity index (χ3v) is 3.72. The fourth-order valence-electron chi connectivity index (χ4n) is 2.48. The number of carbonyl (C=O) groups excluding carboxylic acids is 1. The minimum absolute atomic E-state index is 0.164. The van der Waals surface area contributed by atoms with Gasteiger partial charge < -0.3 is 10.1 Å². The molecular formula is C16H15N9O2. The van der Waals surface area contributed by atoms with Crippen molar-refractivity contribution in [2.45, 2.75) is 13.5 Å². The van der Waals surface area contributed by atoms with Crippen LogP contribution in [0.25, 0.3) is 11.3 Å². The lowest BCUT2D eigenvalue weighted by Crippen LogP contribution is -2.24. The van der Waals surface area contributed by atoms with E-state index in [9.17, 15) is 4.79 Å². The predicted octanol–water partition coefficient (Wildman–Crippen LogP) is 0.429. The maximum absolute atomic E-state index is 12.5. The SMILES string of the molecule is CCOc1ccc2nnc(CNC(=O)c3cccc(-n4cnnn4)c3)n2n1. The summed E-state index contributed by atoms with van der Waals surface area (Å²) in [6.07, 6.45) is 1.46. The van der Waals surface area contributed by atoms with Crippen molar-refractivity contribution in [3.63, 3.8) is 0 Å². The van der Waals surface area contributed by atoms with E-state index in [0.29, 0.717) is 35.2 Å². The van der Waals surface area contributed by atoms with Crippen molar-refractivity contribution in [2.24, 2.45) is 0 Å². The third-order valence-electron chi connectivity index (χ3n) is 3.72. The molecule has 0 saturated heterocycles. The highest BCUT2D eigenvalue weighted by Crippen LogP contribution is 2.11. The molecule has 1 aromatic carbocycles. The molecule has 0 aliphatic carbocycles. The van der Waals surface area contributed by atoms with Crippen LogP contribution in [-0.4, -0.2) is 52.5 Å². The number of nitrogens with zero attached hydrogens (tertiary/aromatic N) is 8. The number of ether oxygens (including phenoxy) is 1. The van der Waals surface area contributed by atoms with E-state index in [1.807, 2.05) is 6.92 Å². The lowest BCUT2D eigenvalue weighted by molar-refractivity contribution is 0.0949. The average Bonchev–Trinajstić information content (AvgIpc) is 3.36. The summed E-state index contributed by atoms with van der Waals surface area (Å²) in [5.74, 6) is 0.700. The average molecular weight is 365 g/mol. The van der Waals surface area contributed by atoms with E-state index in [4.69, 9.17) is 4.74 Å². The molecule has 0 spiro atoms. The molecule has 1 amide bonds. The topological polar surface area (TPSA) is 125 Å². The number of aromatic nitrogens is 8. The molecule has 0 atom stereocenters. The van der Waals surface area contributed by atoms with Crippen molar-refractivity contribution in [3.8, 4) is 11.6 Å². The standard InChI is InChI=1S/C16H15N9O2/c1-2-27-15-7-6-13-19-20-14(25(13)21-15)9-17-16(26)11-4-3-5-12(8-11)24-10-18-22-23-24/h3-8,10H,2,9H2,1H3,(H,17,26). The van der Waals surface area contributed by atoms with E-state index in [2.05, 4.69) is 36.1 Å². The number of hydrogen-bond acceptors (Lipinski definition) is 8. The number of fused-ring (bicyclic) bond motifs is 1. The van der Waals surface area contributed by atoms with Crippen molar-refractivity contribution in [1.82, 2.24) is 45.3 Å². The predicted molar refractivity (Wildman–Crippen MR) is 92.3 cm³/mol. The van der Waals surface area contributed by atoms with Crippen LogP contribution in [0.5, 0.6) is 5.88 Å². The van der Waals surface area contributed by atoms with Gasteiger partial charge in [-0.15, -0.1) is 20.4 Å². The van der Waals surface area contributed by atoms with Crippen molar-refractivity contribution < 1.29 is 9.53 Å². The van der Waals surface area contributed by atoms with E-state index in [0.717, 1.165) is 0 Å². The molecule has 0 unspecified atom stereocenters. The van der Waals surface area contributed by atoms with E-state index >= 15 is 0 Å². The Morgan fingerprint density at radius 2 is 2.15 bits per heavy atom. The maximum Gasteiger partial charge on any atom is 0.251 e. The fourth-order valence-corrected chi connectivity index (χ4v) is 2.48. The van der Waals surface area contributed by atoms with Gasteiger partial charge in [0.1, 0.15) is 6.33 Å². The minimum Gasteiger partial charge on any atom is -0.477 e. The van der Waals surface area contributed by atoms with Crippen LogP contribution >= 0.6 is 0 Å². The zero-order valence-corrected chi connectivity index (χ0v) is 14.3. The van der Waals surface area contributed by atoms with Crippen molar-refractivity contribution in [2.75, 3.05) is 6.61 Å². The summed E-state index contributed by atoms with van der Waals surface area (Å²) in [6.45, 7) is 2.55. The van der Waals surface area contributed by atoms with Gasteiger partial charge in [0.25, 0.3) is 5.91 Å². The molecule has 3 heterocycles. The smallest absolute Gasteiger partial charge is 0.251 e. The Bertz CT molecular complexity index is 1070. The summed E-state index contributed by atoms with van der Waals surface area (Å²) in [6, 6.07) is 10.4. The fraction of sp³-hybridized carbons (Fsp3) is 0.188. The Morgan fingerprint density at radius 1 is 1.22 bits per heavy atom. The summed E-state index contributed by atoms with van der Waals surface area (Å²) in [7, 11) is 0. The molecule has 0 saturated carbocycles. The summed E-state index contributed by atoms with van der Waals surface area (Å²) >= 11 is 0. The molecular weight excluding hydrogens is 350 g/mol. The molecule has 4 rings (SSSR count). The van der Waals surface area contributed by atoms with Gasteiger partial charge in [-0.05, 0) is 41.6 Å². The number of tetrazole rings is 1. The van der Waals surface area contributed by atoms with Gasteiger partial charge in [0.15, 0.2) is 11.5 Å². The van der Waals surface area contributed by atoms with Crippen molar-refractivity contribution >= 4 is 11.6 Å². The molecule has 1 N–H and O–H groups in total. The third kappa shape index (κ3) is 3.42. The molecule has 0 radical (unpaired) electrons. The monoisotopic (exact) mass is 365 g/mol. The van der Waals surface area contributed by atoms with Gasteiger partial charge >= 0.3 is 0 Å². The van der Waals surface area contributed by atoms with Crippen LogP contribution in [0, 0.1) is 0 Å². The molecule has 0 aliphatic heterocycles. The minimum atomic E-state index is -0.261. The zero-order valence-electron chi connectivity index (χ0n) is 14.3. The molecule has 0 aliphatic rings. The second-order valence-electron chi connectivity index (χ2n) is 5.48. The van der Waals surface area contributed by atoms with Gasteiger partial charge in [-0.1, -0.05) is 6.07 Å². The number of benzene rings is 1. The van der Waals surface area contributed by atoms with E-state index in [-0.39, 0.29) is 12.5 Å². The lowest BCUT2D eigenvalue weighted by Gasteiger charge is -2.06. The maximum atomic E-state index is 12.5. The summed E-state index contributed by atoms with van der Waals surface area (Å²) in [4.78, 5) is 12.5. The number of carbonyl (C=O) groups is 1. The van der Waals surface area contributed by atoms with E-state index in [1.54, 1.807) is 40.9 Å². The summed E-state index contributed by atoms with van der Waals surface area (Å²) in [5, 5.41) is 26.2. The second-order valence-corrected chi connectivity index (χ2v) is 5.48. The summed E-state index contributed by atoms with van der Waals surface area (Å²) in [5.41, 5.74) is 1.73. The Balaban J connectivity index is 1.50. The largest absolute Gasteiger partial charge is 0.477 e. The molecule has 27 heavy (non-hydrogen) atoms. The lowest BCUT2D eigenvalue weighted by atomic mass is 10.2. The molecule has 11 nitrogen and oxygen atoms in total. The van der Waals surface area contributed by atoms with Crippen LogP contribution in [0.15, 0.2) is 42.7 Å². The Kier molecular flexibility index (Phi) is 4.39. The van der Waals surface area contributed by atoms with Gasteiger partial charge in [-0.25, -0.2) is 4.68 Å². The first-order chi connectivity index (χ1) is 13.2. The number of amides is 1. The van der Waals surface area contributed by atoms with Gasteiger partial charge in [0, 0.05) is 11.6 Å². The second kappa shape index (κ2) is 7.15. The Hall–Kier alpha value is -3.89. The van der Waals surface area contributed by atoms with Crippen LogP contribution in [0.3, 0.4) is 0 Å². The number of rotatable bonds is 6. The highest BCUT2D eigenvalue weighted by atomic mass is 16.5.